The summed E-state index contributed by atoms with van der Waals surface area (Å²) >= 11 is 12.0. The summed E-state index contributed by atoms with van der Waals surface area (Å²) in [6, 6.07) is 11.3. The fraction of sp³-hybridized carbons (Fsp3) is 0.235. The molecule has 0 spiro atoms. The molecule has 1 amide bonds. The highest BCUT2D eigenvalue weighted by Gasteiger charge is 2.08. The average Bonchev–Trinajstić information content (AvgIpc) is 2.42. The fourth-order valence-corrected chi connectivity index (χ4v) is 2.56. The molecule has 0 saturated carbocycles. The van der Waals surface area contributed by atoms with Crippen molar-refractivity contribution in [1.82, 2.24) is 0 Å². The lowest BCUT2D eigenvalue weighted by Gasteiger charge is -2.10. The van der Waals surface area contributed by atoms with Crippen molar-refractivity contribution in [2.75, 3.05) is 5.32 Å². The molecule has 2 aromatic carbocycles. The molecule has 2 aromatic rings. The van der Waals surface area contributed by atoms with Gasteiger partial charge in [-0.25, -0.2) is 0 Å². The molecule has 0 aliphatic carbocycles. The monoisotopic (exact) mass is 321 g/mol. The topological polar surface area (TPSA) is 29.1 Å². The quantitative estimate of drug-likeness (QED) is 0.825. The van der Waals surface area contributed by atoms with Gasteiger partial charge in [0.2, 0.25) is 5.91 Å². The molecule has 1 N–H and O–H groups in total. The molecule has 0 atom stereocenters. The first-order chi connectivity index (χ1) is 9.95. The minimum absolute atomic E-state index is 0.0188. The number of nitrogens with one attached hydrogen (secondary N) is 1. The number of aryl methyl sites for hydroxylation is 3. The van der Waals surface area contributed by atoms with Crippen LogP contribution in [0.3, 0.4) is 0 Å². The molecule has 0 aliphatic heterocycles. The fourth-order valence-electron chi connectivity index (χ4n) is 2.06. The van der Waals surface area contributed by atoms with Crippen molar-refractivity contribution in [2.24, 2.45) is 0 Å². The van der Waals surface area contributed by atoms with Crippen molar-refractivity contribution in [3.63, 3.8) is 0 Å². The Balaban J connectivity index is 1.97. The van der Waals surface area contributed by atoms with Gasteiger partial charge in [0.05, 0.1) is 0 Å². The van der Waals surface area contributed by atoms with Crippen LogP contribution in [0.1, 0.15) is 23.1 Å². The van der Waals surface area contributed by atoms with Crippen LogP contribution in [0, 0.1) is 13.8 Å². The van der Waals surface area contributed by atoms with Crippen LogP contribution in [-0.2, 0) is 11.2 Å². The second-order valence-corrected chi connectivity index (χ2v) is 5.95. The van der Waals surface area contributed by atoms with Gasteiger partial charge in [0.1, 0.15) is 0 Å². The molecule has 4 heteroatoms. The van der Waals surface area contributed by atoms with Crippen LogP contribution in [0.2, 0.25) is 10.0 Å². The molecule has 2 nitrogen and oxygen atoms in total. The minimum atomic E-state index is -0.0188. The number of hydrogen-bond acceptors (Lipinski definition) is 1. The predicted octanol–water partition coefficient (Wildman–Crippen LogP) is 5.18. The summed E-state index contributed by atoms with van der Waals surface area (Å²) in [6.45, 7) is 3.98. The van der Waals surface area contributed by atoms with Crippen LogP contribution in [0.4, 0.5) is 5.69 Å². The van der Waals surface area contributed by atoms with E-state index in [9.17, 15) is 4.79 Å². The summed E-state index contributed by atoms with van der Waals surface area (Å²) in [7, 11) is 0. The van der Waals surface area contributed by atoms with Crippen molar-refractivity contribution in [1.29, 1.82) is 0 Å². The van der Waals surface area contributed by atoms with Gasteiger partial charge >= 0.3 is 0 Å². The van der Waals surface area contributed by atoms with Crippen LogP contribution < -0.4 is 5.32 Å². The average molecular weight is 322 g/mol. The first kappa shape index (κ1) is 15.9. The van der Waals surface area contributed by atoms with Crippen molar-refractivity contribution in [3.05, 3.63) is 63.1 Å². The summed E-state index contributed by atoms with van der Waals surface area (Å²) in [5, 5.41) is 4.14. The first-order valence-electron chi connectivity index (χ1n) is 6.77. The van der Waals surface area contributed by atoms with Crippen LogP contribution in [0.15, 0.2) is 36.4 Å². The van der Waals surface area contributed by atoms with Gasteiger partial charge in [0, 0.05) is 22.2 Å². The molecule has 0 radical (unpaired) electrons. The van der Waals surface area contributed by atoms with Crippen LogP contribution in [-0.4, -0.2) is 5.91 Å². The highest BCUT2D eigenvalue weighted by Crippen LogP contribution is 2.22. The molecule has 0 fully saturated rings. The third-order valence-electron chi connectivity index (χ3n) is 3.30. The van der Waals surface area contributed by atoms with Gasteiger partial charge in [-0.15, -0.1) is 0 Å². The lowest BCUT2D eigenvalue weighted by molar-refractivity contribution is -0.116. The Morgan fingerprint density at radius 3 is 2.57 bits per heavy atom. The lowest BCUT2D eigenvalue weighted by atomic mass is 10.1. The molecular formula is C17H17Cl2NO. The van der Waals surface area contributed by atoms with Gasteiger partial charge in [-0.2, -0.15) is 0 Å². The first-order valence-corrected chi connectivity index (χ1v) is 7.52. The van der Waals surface area contributed by atoms with E-state index in [1.54, 1.807) is 12.1 Å². The molecule has 0 aliphatic rings. The van der Waals surface area contributed by atoms with E-state index < -0.39 is 0 Å². The zero-order chi connectivity index (χ0) is 15.4. The third-order valence-corrected chi connectivity index (χ3v) is 3.89. The lowest BCUT2D eigenvalue weighted by Crippen LogP contribution is -2.13. The van der Waals surface area contributed by atoms with E-state index >= 15 is 0 Å². The summed E-state index contributed by atoms with van der Waals surface area (Å²) in [5.74, 6) is -0.0188. The van der Waals surface area contributed by atoms with E-state index in [0.29, 0.717) is 22.9 Å². The number of rotatable bonds is 4. The van der Waals surface area contributed by atoms with Gasteiger partial charge in [-0.3, -0.25) is 4.79 Å². The predicted molar refractivity (Wildman–Crippen MR) is 89.3 cm³/mol. The highest BCUT2D eigenvalue weighted by molar-refractivity contribution is 6.35. The minimum Gasteiger partial charge on any atom is -0.326 e. The molecule has 0 saturated heterocycles. The van der Waals surface area contributed by atoms with Gasteiger partial charge in [0.25, 0.3) is 0 Å². The number of halogens is 2. The number of carbonyl (C=O) groups excluding carboxylic acids is 1. The van der Waals surface area contributed by atoms with Gasteiger partial charge in [-0.05, 0) is 55.2 Å². The zero-order valence-corrected chi connectivity index (χ0v) is 13.6. The Morgan fingerprint density at radius 1 is 1.10 bits per heavy atom. The maximum Gasteiger partial charge on any atom is 0.224 e. The van der Waals surface area contributed by atoms with E-state index in [2.05, 4.69) is 5.32 Å². The van der Waals surface area contributed by atoms with Gasteiger partial charge < -0.3 is 5.32 Å². The molecule has 0 bridgehead atoms. The summed E-state index contributed by atoms with van der Waals surface area (Å²) in [5.41, 5.74) is 3.97. The smallest absolute Gasteiger partial charge is 0.224 e. The van der Waals surface area contributed by atoms with Crippen LogP contribution in [0.5, 0.6) is 0 Å². The van der Waals surface area contributed by atoms with E-state index in [1.807, 2.05) is 38.1 Å². The number of benzene rings is 2. The SMILES string of the molecule is Cc1ccc(C)c(NC(=O)CCc2ccc(Cl)cc2Cl)c1. The second-order valence-electron chi connectivity index (χ2n) is 5.10. The molecule has 0 aromatic heterocycles. The van der Waals surface area contributed by atoms with Crippen molar-refractivity contribution in [2.45, 2.75) is 26.7 Å². The maximum absolute atomic E-state index is 12.0. The Labute approximate surface area is 135 Å². The maximum atomic E-state index is 12.0. The molecule has 2 rings (SSSR count). The van der Waals surface area contributed by atoms with E-state index in [0.717, 1.165) is 22.4 Å². The van der Waals surface area contributed by atoms with Crippen LogP contribution >= 0.6 is 23.2 Å². The Bertz CT molecular complexity index is 668. The number of hydrogen-bond donors (Lipinski definition) is 1. The van der Waals surface area contributed by atoms with Crippen LogP contribution in [0.25, 0.3) is 0 Å². The highest BCUT2D eigenvalue weighted by atomic mass is 35.5. The third kappa shape index (κ3) is 4.48. The Morgan fingerprint density at radius 2 is 1.86 bits per heavy atom. The molecule has 0 unspecified atom stereocenters. The van der Waals surface area contributed by atoms with E-state index in [1.165, 1.54) is 0 Å². The number of carbonyl (C=O) groups is 1. The van der Waals surface area contributed by atoms with Gasteiger partial charge in [0.15, 0.2) is 0 Å². The standard InChI is InChI=1S/C17H17Cl2NO/c1-11-3-4-12(2)16(9-11)20-17(21)8-6-13-5-7-14(18)10-15(13)19/h3-5,7,9-10H,6,8H2,1-2H3,(H,20,21). The second kappa shape index (κ2) is 6.97. The molecule has 110 valence electrons. The summed E-state index contributed by atoms with van der Waals surface area (Å²) in [6.07, 6.45) is 0.974. The van der Waals surface area contributed by atoms with E-state index in [-0.39, 0.29) is 5.91 Å². The molecular weight excluding hydrogens is 305 g/mol. The summed E-state index contributed by atoms with van der Waals surface area (Å²) in [4.78, 5) is 12.0. The van der Waals surface area contributed by atoms with Crippen molar-refractivity contribution >= 4 is 34.8 Å². The van der Waals surface area contributed by atoms with Crippen molar-refractivity contribution in [3.8, 4) is 0 Å². The largest absolute Gasteiger partial charge is 0.326 e. The normalized spacial score (nSPS) is 10.5. The van der Waals surface area contributed by atoms with Gasteiger partial charge in [-0.1, -0.05) is 41.4 Å². The number of anilines is 1. The Kier molecular flexibility index (Phi) is 5.27. The van der Waals surface area contributed by atoms with E-state index in [4.69, 9.17) is 23.2 Å². The Hall–Kier alpha value is -1.51. The summed E-state index contributed by atoms with van der Waals surface area (Å²) < 4.78 is 0. The molecule has 21 heavy (non-hydrogen) atoms. The zero-order valence-electron chi connectivity index (χ0n) is 12.0. The molecule has 0 heterocycles. The number of amides is 1. The van der Waals surface area contributed by atoms with Crippen molar-refractivity contribution < 1.29 is 4.79 Å².